The summed E-state index contributed by atoms with van der Waals surface area (Å²) in [6.45, 7) is 0.712. The van der Waals surface area contributed by atoms with Crippen LogP contribution >= 0.6 is 11.8 Å². The number of halogens is 3. The van der Waals surface area contributed by atoms with Crippen LogP contribution in [0.2, 0.25) is 0 Å². The van der Waals surface area contributed by atoms with Crippen molar-refractivity contribution in [3.05, 3.63) is 24.2 Å². The first-order valence-corrected chi connectivity index (χ1v) is 7.36. The molecule has 1 fully saturated rings. The summed E-state index contributed by atoms with van der Waals surface area (Å²) in [4.78, 5) is 4.11. The van der Waals surface area contributed by atoms with Crippen LogP contribution in [0.4, 0.5) is 19.0 Å². The number of rotatable bonds is 3. The molecule has 0 aromatic carbocycles. The first kappa shape index (κ1) is 13.5. The number of alkyl halides is 3. The first-order chi connectivity index (χ1) is 9.54. The largest absolute Gasteiger partial charge is 0.435 e. The molecule has 0 amide bonds. The molecule has 1 atom stereocenters. The zero-order chi connectivity index (χ0) is 14.2. The predicted molar refractivity (Wildman–Crippen MR) is 72.0 cm³/mol. The van der Waals surface area contributed by atoms with Crippen molar-refractivity contribution < 1.29 is 13.2 Å². The van der Waals surface area contributed by atoms with Gasteiger partial charge in [0.25, 0.3) is 0 Å². The van der Waals surface area contributed by atoms with Gasteiger partial charge in [0.2, 0.25) is 0 Å². The number of nitrogens with one attached hydrogen (secondary N) is 1. The van der Waals surface area contributed by atoms with E-state index in [4.69, 9.17) is 0 Å². The SMILES string of the molecule is FC(F)(F)c1cc2c(NCC3CCCS3)nccn2n1. The molecule has 8 heteroatoms. The molecule has 3 rings (SSSR count). The van der Waals surface area contributed by atoms with Gasteiger partial charge in [0.15, 0.2) is 11.5 Å². The lowest BCUT2D eigenvalue weighted by molar-refractivity contribution is -0.141. The fourth-order valence-corrected chi connectivity index (χ4v) is 3.41. The molecule has 4 nitrogen and oxygen atoms in total. The normalized spacial score (nSPS) is 19.6. The predicted octanol–water partition coefficient (Wildman–Crippen LogP) is 3.06. The third-order valence-corrected chi connectivity index (χ3v) is 4.60. The van der Waals surface area contributed by atoms with Gasteiger partial charge in [0.05, 0.1) is 0 Å². The summed E-state index contributed by atoms with van der Waals surface area (Å²) in [6, 6.07) is 1.02. The molecule has 20 heavy (non-hydrogen) atoms. The van der Waals surface area contributed by atoms with E-state index in [-0.39, 0.29) is 0 Å². The molecule has 1 aliphatic rings. The molecule has 0 radical (unpaired) electrons. The Balaban J connectivity index is 1.84. The number of fused-ring (bicyclic) bond motifs is 1. The molecule has 1 saturated heterocycles. The highest BCUT2D eigenvalue weighted by Gasteiger charge is 2.34. The summed E-state index contributed by atoms with van der Waals surface area (Å²) in [6.07, 6.45) is 0.752. The minimum Gasteiger partial charge on any atom is -0.367 e. The van der Waals surface area contributed by atoms with Crippen molar-refractivity contribution in [3.63, 3.8) is 0 Å². The van der Waals surface area contributed by atoms with Gasteiger partial charge in [0.1, 0.15) is 5.52 Å². The minimum atomic E-state index is -4.44. The Hall–Kier alpha value is -1.44. The number of aromatic nitrogens is 3. The van der Waals surface area contributed by atoms with Crippen molar-refractivity contribution in [2.75, 3.05) is 17.6 Å². The molecule has 0 bridgehead atoms. The third-order valence-electron chi connectivity index (χ3n) is 3.20. The van der Waals surface area contributed by atoms with Gasteiger partial charge in [-0.3, -0.25) is 0 Å². The number of hydrogen-bond acceptors (Lipinski definition) is 4. The molecule has 0 saturated carbocycles. The highest BCUT2D eigenvalue weighted by atomic mass is 32.2. The number of hydrogen-bond donors (Lipinski definition) is 1. The number of thioether (sulfide) groups is 1. The van der Waals surface area contributed by atoms with Crippen LogP contribution in [0.15, 0.2) is 18.5 Å². The Kier molecular flexibility index (Phi) is 3.49. The van der Waals surface area contributed by atoms with Gasteiger partial charge in [-0.1, -0.05) is 0 Å². The molecule has 2 aromatic rings. The maximum absolute atomic E-state index is 12.7. The highest BCUT2D eigenvalue weighted by molar-refractivity contribution is 8.00. The second-order valence-electron chi connectivity index (χ2n) is 4.65. The maximum atomic E-state index is 12.7. The summed E-state index contributed by atoms with van der Waals surface area (Å²) in [5.41, 5.74) is -0.549. The van der Waals surface area contributed by atoms with Crippen molar-refractivity contribution in [2.24, 2.45) is 0 Å². The van der Waals surface area contributed by atoms with Crippen molar-refractivity contribution in [1.82, 2.24) is 14.6 Å². The second-order valence-corrected chi connectivity index (χ2v) is 6.06. The Labute approximate surface area is 117 Å². The zero-order valence-corrected chi connectivity index (χ0v) is 11.3. The summed E-state index contributed by atoms with van der Waals surface area (Å²) in [5, 5.41) is 7.17. The molecule has 0 aliphatic carbocycles. The van der Waals surface area contributed by atoms with E-state index < -0.39 is 11.9 Å². The lowest BCUT2D eigenvalue weighted by atomic mass is 10.2. The van der Waals surface area contributed by atoms with Crippen LogP contribution in [0, 0.1) is 0 Å². The molecular weight excluding hydrogens is 289 g/mol. The summed E-state index contributed by atoms with van der Waals surface area (Å²) < 4.78 is 39.2. The van der Waals surface area contributed by atoms with Crippen LogP contribution in [0.5, 0.6) is 0 Å². The maximum Gasteiger partial charge on any atom is 0.435 e. The topological polar surface area (TPSA) is 42.2 Å². The number of anilines is 1. The van der Waals surface area contributed by atoms with E-state index >= 15 is 0 Å². The van der Waals surface area contributed by atoms with E-state index in [1.807, 2.05) is 11.8 Å². The summed E-state index contributed by atoms with van der Waals surface area (Å²) >= 11 is 1.88. The van der Waals surface area contributed by atoms with E-state index in [1.54, 1.807) is 0 Å². The van der Waals surface area contributed by atoms with Crippen LogP contribution < -0.4 is 5.32 Å². The average molecular weight is 302 g/mol. The minimum absolute atomic E-state index is 0.350. The van der Waals surface area contributed by atoms with E-state index in [9.17, 15) is 13.2 Å². The van der Waals surface area contributed by atoms with Gasteiger partial charge in [-0.15, -0.1) is 0 Å². The summed E-state index contributed by atoms with van der Waals surface area (Å²) in [5.74, 6) is 1.59. The van der Waals surface area contributed by atoms with Crippen LogP contribution in [-0.4, -0.2) is 32.1 Å². The smallest absolute Gasteiger partial charge is 0.367 e. The van der Waals surface area contributed by atoms with Crippen LogP contribution in [0.3, 0.4) is 0 Å². The van der Waals surface area contributed by atoms with E-state index in [0.29, 0.717) is 23.1 Å². The Morgan fingerprint density at radius 3 is 3.00 bits per heavy atom. The van der Waals surface area contributed by atoms with E-state index in [1.165, 1.54) is 23.3 Å². The van der Waals surface area contributed by atoms with E-state index in [0.717, 1.165) is 18.2 Å². The quantitative estimate of drug-likeness (QED) is 0.946. The average Bonchev–Trinajstić information content (AvgIpc) is 3.04. The van der Waals surface area contributed by atoms with Crippen LogP contribution in [-0.2, 0) is 6.18 Å². The van der Waals surface area contributed by atoms with Gasteiger partial charge in [0, 0.05) is 30.3 Å². The summed E-state index contributed by atoms with van der Waals surface area (Å²) in [7, 11) is 0. The molecule has 1 N–H and O–H groups in total. The van der Waals surface area contributed by atoms with Crippen molar-refractivity contribution in [3.8, 4) is 0 Å². The van der Waals surface area contributed by atoms with Gasteiger partial charge in [-0.2, -0.15) is 30.0 Å². The fourth-order valence-electron chi connectivity index (χ4n) is 2.21. The molecular formula is C12H13F3N4S. The Bertz CT molecular complexity index is 604. The van der Waals surface area contributed by atoms with Crippen LogP contribution in [0.1, 0.15) is 18.5 Å². The monoisotopic (exact) mass is 302 g/mol. The van der Waals surface area contributed by atoms with E-state index in [2.05, 4.69) is 15.4 Å². The highest BCUT2D eigenvalue weighted by Crippen LogP contribution is 2.30. The zero-order valence-electron chi connectivity index (χ0n) is 10.5. The Morgan fingerprint density at radius 1 is 1.45 bits per heavy atom. The van der Waals surface area contributed by atoms with Gasteiger partial charge in [-0.05, 0) is 18.6 Å². The van der Waals surface area contributed by atoms with Crippen molar-refractivity contribution in [1.29, 1.82) is 0 Å². The molecule has 3 heterocycles. The fraction of sp³-hybridized carbons (Fsp3) is 0.500. The molecule has 108 valence electrons. The molecule has 2 aromatic heterocycles. The Morgan fingerprint density at radius 2 is 2.30 bits per heavy atom. The van der Waals surface area contributed by atoms with Crippen molar-refractivity contribution >= 4 is 23.1 Å². The lowest BCUT2D eigenvalue weighted by Crippen LogP contribution is -2.14. The van der Waals surface area contributed by atoms with Gasteiger partial charge in [-0.25, -0.2) is 9.50 Å². The standard InChI is InChI=1S/C12H13F3N4S/c13-12(14,15)10-6-9-11(16-3-4-19(9)18-10)17-7-8-2-1-5-20-8/h3-4,6,8H,1-2,5,7H2,(H,16,17). The van der Waals surface area contributed by atoms with Gasteiger partial charge >= 0.3 is 6.18 Å². The van der Waals surface area contributed by atoms with Crippen molar-refractivity contribution in [2.45, 2.75) is 24.3 Å². The molecule has 0 spiro atoms. The van der Waals surface area contributed by atoms with Crippen LogP contribution in [0.25, 0.3) is 5.52 Å². The van der Waals surface area contributed by atoms with Gasteiger partial charge < -0.3 is 5.32 Å². The number of nitrogens with zero attached hydrogens (tertiary/aromatic N) is 3. The third kappa shape index (κ3) is 2.70. The molecule has 1 unspecified atom stereocenters. The second kappa shape index (κ2) is 5.16. The molecule has 1 aliphatic heterocycles. The lowest BCUT2D eigenvalue weighted by Gasteiger charge is -2.11. The first-order valence-electron chi connectivity index (χ1n) is 6.31.